The summed E-state index contributed by atoms with van der Waals surface area (Å²) < 4.78 is 40.2. The van der Waals surface area contributed by atoms with E-state index in [9.17, 15) is 13.2 Å². The van der Waals surface area contributed by atoms with Gasteiger partial charge in [0.05, 0.1) is 10.5 Å². The SMILES string of the molecule is CS(=O)(=O)c1ccccc1C(=O)Nc1nnc(-c2ccc3c(c2)OCCO3)o1. The summed E-state index contributed by atoms with van der Waals surface area (Å²) in [5, 5.41) is 10.1. The Kier molecular flexibility index (Phi) is 4.47. The molecule has 2 heterocycles. The molecule has 0 spiro atoms. The maximum Gasteiger partial charge on any atom is 0.322 e. The molecule has 4 rings (SSSR count). The van der Waals surface area contributed by atoms with E-state index < -0.39 is 15.7 Å². The lowest BCUT2D eigenvalue weighted by Gasteiger charge is -2.18. The van der Waals surface area contributed by atoms with E-state index >= 15 is 0 Å². The number of nitrogens with zero attached hydrogens (tertiary/aromatic N) is 2. The van der Waals surface area contributed by atoms with Crippen LogP contribution >= 0.6 is 0 Å². The molecular weight excluding hydrogens is 386 g/mol. The fourth-order valence-corrected chi connectivity index (χ4v) is 3.59. The van der Waals surface area contributed by atoms with Crippen LogP contribution in [0.5, 0.6) is 11.5 Å². The topological polar surface area (TPSA) is 121 Å². The summed E-state index contributed by atoms with van der Waals surface area (Å²) >= 11 is 0. The van der Waals surface area contributed by atoms with Gasteiger partial charge in [-0.25, -0.2) is 8.42 Å². The van der Waals surface area contributed by atoms with Crippen LogP contribution in [0.4, 0.5) is 6.01 Å². The minimum Gasteiger partial charge on any atom is -0.486 e. The van der Waals surface area contributed by atoms with Gasteiger partial charge in [-0.15, -0.1) is 5.10 Å². The molecule has 0 saturated carbocycles. The third kappa shape index (κ3) is 3.54. The standard InChI is InChI=1S/C18H15N3O6S/c1-28(23,24)15-5-3-2-4-12(15)16(22)19-18-21-20-17(27-18)11-6-7-13-14(10-11)26-9-8-25-13/h2-7,10H,8-9H2,1H3,(H,19,21,22). The van der Waals surface area contributed by atoms with Gasteiger partial charge in [-0.3, -0.25) is 10.1 Å². The molecule has 0 aliphatic carbocycles. The van der Waals surface area contributed by atoms with Crippen LogP contribution in [0.2, 0.25) is 0 Å². The number of aromatic nitrogens is 2. The number of carbonyl (C=O) groups excluding carboxylic acids is 1. The number of fused-ring (bicyclic) bond motifs is 1. The first-order chi connectivity index (χ1) is 13.4. The van der Waals surface area contributed by atoms with Gasteiger partial charge in [0.1, 0.15) is 13.2 Å². The Labute approximate surface area is 160 Å². The summed E-state index contributed by atoms with van der Waals surface area (Å²) in [7, 11) is -3.57. The highest BCUT2D eigenvalue weighted by Gasteiger charge is 2.21. The average Bonchev–Trinajstić information content (AvgIpc) is 3.15. The molecule has 0 radical (unpaired) electrons. The molecule has 1 aromatic heterocycles. The van der Waals surface area contributed by atoms with Gasteiger partial charge in [0.2, 0.25) is 5.89 Å². The van der Waals surface area contributed by atoms with Crippen LogP contribution in [-0.2, 0) is 9.84 Å². The second kappa shape index (κ2) is 6.97. The predicted molar refractivity (Wildman–Crippen MR) is 98.2 cm³/mol. The Morgan fingerprint density at radius 3 is 2.57 bits per heavy atom. The van der Waals surface area contributed by atoms with E-state index in [1.165, 1.54) is 12.1 Å². The lowest BCUT2D eigenvalue weighted by molar-refractivity contribution is 0.102. The molecule has 1 aliphatic heterocycles. The van der Waals surface area contributed by atoms with Crippen molar-refractivity contribution in [3.05, 3.63) is 48.0 Å². The number of benzene rings is 2. The number of anilines is 1. The quantitative estimate of drug-likeness (QED) is 0.706. The summed E-state index contributed by atoms with van der Waals surface area (Å²) in [5.41, 5.74) is 0.581. The van der Waals surface area contributed by atoms with Crippen LogP contribution in [0.1, 0.15) is 10.4 Å². The normalized spacial score (nSPS) is 13.2. The van der Waals surface area contributed by atoms with E-state index in [0.29, 0.717) is 30.3 Å². The molecule has 28 heavy (non-hydrogen) atoms. The van der Waals surface area contributed by atoms with E-state index in [0.717, 1.165) is 6.26 Å². The molecule has 2 aromatic carbocycles. The van der Waals surface area contributed by atoms with Gasteiger partial charge >= 0.3 is 6.01 Å². The first kappa shape index (κ1) is 18.0. The molecular formula is C18H15N3O6S. The Bertz CT molecular complexity index is 1160. The summed E-state index contributed by atoms with van der Waals surface area (Å²) in [5.74, 6) is 0.692. The van der Waals surface area contributed by atoms with Gasteiger partial charge in [-0.05, 0) is 30.3 Å². The summed E-state index contributed by atoms with van der Waals surface area (Å²) in [6.45, 7) is 0.930. The van der Waals surface area contributed by atoms with Crippen LogP contribution < -0.4 is 14.8 Å². The van der Waals surface area contributed by atoms with Crippen molar-refractivity contribution in [2.45, 2.75) is 4.90 Å². The molecule has 1 N–H and O–H groups in total. The minimum atomic E-state index is -3.57. The van der Waals surface area contributed by atoms with Crippen molar-refractivity contribution in [2.24, 2.45) is 0 Å². The first-order valence-corrected chi connectivity index (χ1v) is 10.1. The van der Waals surface area contributed by atoms with Crippen molar-refractivity contribution in [1.29, 1.82) is 0 Å². The van der Waals surface area contributed by atoms with Gasteiger partial charge in [-0.1, -0.05) is 17.2 Å². The molecule has 1 aliphatic rings. The lowest BCUT2D eigenvalue weighted by Crippen LogP contribution is -2.16. The summed E-state index contributed by atoms with van der Waals surface area (Å²) in [6, 6.07) is 10.9. The van der Waals surface area contributed by atoms with E-state index in [1.54, 1.807) is 30.3 Å². The number of nitrogens with one attached hydrogen (secondary N) is 1. The molecule has 3 aromatic rings. The average molecular weight is 401 g/mol. The van der Waals surface area contributed by atoms with Crippen molar-refractivity contribution in [3.8, 4) is 23.0 Å². The van der Waals surface area contributed by atoms with Crippen molar-refractivity contribution in [1.82, 2.24) is 10.2 Å². The van der Waals surface area contributed by atoms with Crippen molar-refractivity contribution in [2.75, 3.05) is 24.8 Å². The molecule has 0 bridgehead atoms. The van der Waals surface area contributed by atoms with Crippen molar-refractivity contribution >= 4 is 21.8 Å². The molecule has 10 heteroatoms. The van der Waals surface area contributed by atoms with E-state index in [2.05, 4.69) is 15.5 Å². The molecule has 0 unspecified atom stereocenters. The van der Waals surface area contributed by atoms with Gasteiger partial charge in [0.25, 0.3) is 5.91 Å². The van der Waals surface area contributed by atoms with Gasteiger partial charge in [0, 0.05) is 11.8 Å². The molecule has 0 saturated heterocycles. The zero-order chi connectivity index (χ0) is 19.7. The number of sulfone groups is 1. The molecule has 0 fully saturated rings. The highest BCUT2D eigenvalue weighted by atomic mass is 32.2. The molecule has 9 nitrogen and oxygen atoms in total. The zero-order valence-corrected chi connectivity index (χ0v) is 15.5. The lowest BCUT2D eigenvalue weighted by atomic mass is 10.2. The summed E-state index contributed by atoms with van der Waals surface area (Å²) in [4.78, 5) is 12.4. The Hall–Kier alpha value is -3.40. The highest BCUT2D eigenvalue weighted by Crippen LogP contribution is 2.34. The van der Waals surface area contributed by atoms with Gasteiger partial charge < -0.3 is 13.9 Å². The molecule has 144 valence electrons. The molecule has 0 atom stereocenters. The number of hydrogen-bond acceptors (Lipinski definition) is 8. The number of amides is 1. The third-order valence-corrected chi connectivity index (χ3v) is 5.12. The fraction of sp³-hybridized carbons (Fsp3) is 0.167. The monoisotopic (exact) mass is 401 g/mol. The Balaban J connectivity index is 1.57. The maximum absolute atomic E-state index is 12.5. The fourth-order valence-electron chi connectivity index (χ4n) is 2.71. The summed E-state index contributed by atoms with van der Waals surface area (Å²) in [6.07, 6.45) is 1.03. The smallest absolute Gasteiger partial charge is 0.322 e. The second-order valence-corrected chi connectivity index (χ2v) is 7.98. The number of ether oxygens (including phenoxy) is 2. The second-order valence-electron chi connectivity index (χ2n) is 5.99. The number of carbonyl (C=O) groups is 1. The van der Waals surface area contributed by atoms with Crippen molar-refractivity contribution in [3.63, 3.8) is 0 Å². The van der Waals surface area contributed by atoms with Gasteiger partial charge in [-0.2, -0.15) is 0 Å². The largest absolute Gasteiger partial charge is 0.486 e. The highest BCUT2D eigenvalue weighted by molar-refractivity contribution is 7.90. The zero-order valence-electron chi connectivity index (χ0n) is 14.7. The van der Waals surface area contributed by atoms with Crippen LogP contribution in [0, 0.1) is 0 Å². The van der Waals surface area contributed by atoms with Gasteiger partial charge in [0.15, 0.2) is 21.3 Å². The van der Waals surface area contributed by atoms with Crippen LogP contribution in [-0.4, -0.2) is 44.0 Å². The predicted octanol–water partition coefficient (Wildman–Crippen LogP) is 2.16. The number of rotatable bonds is 4. The molecule has 1 amide bonds. The van der Waals surface area contributed by atoms with E-state index in [1.807, 2.05) is 0 Å². The first-order valence-electron chi connectivity index (χ1n) is 8.26. The third-order valence-electron chi connectivity index (χ3n) is 3.97. The minimum absolute atomic E-state index is 0.0101. The maximum atomic E-state index is 12.5. The number of hydrogen-bond donors (Lipinski definition) is 1. The van der Waals surface area contributed by atoms with E-state index in [4.69, 9.17) is 13.9 Å². The van der Waals surface area contributed by atoms with Crippen molar-refractivity contribution < 1.29 is 27.1 Å². The Morgan fingerprint density at radius 1 is 1.04 bits per heavy atom. The van der Waals surface area contributed by atoms with Crippen LogP contribution in [0.3, 0.4) is 0 Å². The van der Waals surface area contributed by atoms with E-state index in [-0.39, 0.29) is 22.4 Å². The van der Waals surface area contributed by atoms with Crippen LogP contribution in [0.25, 0.3) is 11.5 Å². The Morgan fingerprint density at radius 2 is 1.79 bits per heavy atom. The van der Waals surface area contributed by atoms with Crippen LogP contribution in [0.15, 0.2) is 51.8 Å².